The molecule has 104 valence electrons. The Labute approximate surface area is 120 Å². The number of hydrogen-bond acceptors (Lipinski definition) is 3. The van der Waals surface area contributed by atoms with E-state index in [-0.39, 0.29) is 11.9 Å². The van der Waals surface area contributed by atoms with Gasteiger partial charge in [-0.3, -0.25) is 4.79 Å². The maximum absolute atomic E-state index is 12.4. The molecule has 0 atom stereocenters. The molecule has 0 radical (unpaired) electrons. The highest BCUT2D eigenvalue weighted by atomic mass is 32.1. The maximum atomic E-state index is 12.4. The van der Waals surface area contributed by atoms with Gasteiger partial charge in [0.1, 0.15) is 0 Å². The highest BCUT2D eigenvalue weighted by molar-refractivity contribution is 7.80. The van der Waals surface area contributed by atoms with Gasteiger partial charge in [0.05, 0.1) is 11.5 Å². The van der Waals surface area contributed by atoms with Crippen molar-refractivity contribution in [3.05, 3.63) is 29.8 Å². The molecule has 4 nitrogen and oxygen atoms in total. The van der Waals surface area contributed by atoms with E-state index in [2.05, 4.69) is 0 Å². The molecule has 0 bridgehead atoms. The number of amides is 1. The maximum Gasteiger partial charge on any atom is 0.254 e. The van der Waals surface area contributed by atoms with E-state index in [4.69, 9.17) is 18.0 Å². The molecule has 1 rings (SSSR count). The summed E-state index contributed by atoms with van der Waals surface area (Å²) in [5, 5.41) is 0. The largest absolute Gasteiger partial charge is 0.392 e. The molecule has 5 heteroatoms. The Hall–Kier alpha value is -1.62. The minimum Gasteiger partial charge on any atom is -0.392 e. The third-order valence-corrected chi connectivity index (χ3v) is 2.97. The number of rotatable bonds is 5. The van der Waals surface area contributed by atoms with Crippen molar-refractivity contribution in [2.24, 2.45) is 5.73 Å². The van der Waals surface area contributed by atoms with Crippen molar-refractivity contribution in [1.29, 1.82) is 0 Å². The Morgan fingerprint density at radius 2 is 1.79 bits per heavy atom. The normalized spacial score (nSPS) is 10.4. The topological polar surface area (TPSA) is 49.6 Å². The second-order valence-electron chi connectivity index (χ2n) is 4.93. The average Bonchev–Trinajstić information content (AvgIpc) is 2.34. The van der Waals surface area contributed by atoms with Crippen LogP contribution in [-0.4, -0.2) is 42.5 Å². The van der Waals surface area contributed by atoms with Crippen LogP contribution >= 0.6 is 12.2 Å². The molecule has 2 N–H and O–H groups in total. The number of nitrogens with zero attached hydrogens (tertiary/aromatic N) is 2. The molecule has 0 aromatic heterocycles. The van der Waals surface area contributed by atoms with Gasteiger partial charge in [0.15, 0.2) is 0 Å². The number of anilines is 1. The van der Waals surface area contributed by atoms with Gasteiger partial charge in [-0.05, 0) is 38.1 Å². The van der Waals surface area contributed by atoms with Gasteiger partial charge in [0, 0.05) is 31.4 Å². The molecule has 1 aromatic rings. The summed E-state index contributed by atoms with van der Waals surface area (Å²) in [5.41, 5.74) is 7.25. The lowest BCUT2D eigenvalue weighted by Crippen LogP contribution is -2.42. The molecule has 0 fully saturated rings. The molecular formula is C14H21N3OS. The zero-order valence-corrected chi connectivity index (χ0v) is 12.7. The predicted octanol–water partition coefficient (Wildman–Crippen LogP) is 1.89. The second kappa shape index (κ2) is 6.52. The lowest BCUT2D eigenvalue weighted by molar-refractivity contribution is 0.0736. The molecule has 0 aliphatic heterocycles. The van der Waals surface area contributed by atoms with Crippen molar-refractivity contribution in [2.75, 3.05) is 25.5 Å². The first-order valence-electron chi connectivity index (χ1n) is 6.19. The molecule has 0 heterocycles. The molecule has 0 aliphatic rings. The smallest absolute Gasteiger partial charge is 0.254 e. The van der Waals surface area contributed by atoms with Crippen LogP contribution in [0.1, 0.15) is 24.2 Å². The highest BCUT2D eigenvalue weighted by Crippen LogP contribution is 2.14. The van der Waals surface area contributed by atoms with Crippen LogP contribution in [0.5, 0.6) is 0 Å². The zero-order chi connectivity index (χ0) is 14.6. The van der Waals surface area contributed by atoms with Gasteiger partial charge in [-0.25, -0.2) is 0 Å². The van der Waals surface area contributed by atoms with Gasteiger partial charge >= 0.3 is 0 Å². The molecule has 0 spiro atoms. The first kappa shape index (κ1) is 15.4. The van der Waals surface area contributed by atoms with Crippen molar-refractivity contribution in [3.8, 4) is 0 Å². The number of thiocarbonyl (C=S) groups is 1. The number of carbonyl (C=O) groups excluding carboxylic acids is 1. The fourth-order valence-electron chi connectivity index (χ4n) is 1.72. The van der Waals surface area contributed by atoms with Crippen molar-refractivity contribution in [1.82, 2.24) is 4.90 Å². The molecule has 19 heavy (non-hydrogen) atoms. The molecule has 0 saturated heterocycles. The van der Waals surface area contributed by atoms with Crippen molar-refractivity contribution < 1.29 is 4.79 Å². The SMILES string of the molecule is CC(C)N(CC(N)=S)C(=O)c1ccc(N(C)C)cc1. The van der Waals surface area contributed by atoms with Crippen LogP contribution < -0.4 is 10.6 Å². The average molecular weight is 279 g/mol. The van der Waals surface area contributed by atoms with Crippen LogP contribution in [0.3, 0.4) is 0 Å². The summed E-state index contributed by atoms with van der Waals surface area (Å²) < 4.78 is 0. The van der Waals surface area contributed by atoms with Crippen LogP contribution in [0, 0.1) is 0 Å². The van der Waals surface area contributed by atoms with E-state index in [1.165, 1.54) is 0 Å². The molecule has 1 amide bonds. The fraction of sp³-hybridized carbons (Fsp3) is 0.429. The zero-order valence-electron chi connectivity index (χ0n) is 11.9. The Bertz CT molecular complexity index is 454. The van der Waals surface area contributed by atoms with Gasteiger partial charge in [-0.2, -0.15) is 0 Å². The van der Waals surface area contributed by atoms with Gasteiger partial charge < -0.3 is 15.5 Å². The summed E-state index contributed by atoms with van der Waals surface area (Å²) in [6.07, 6.45) is 0. The number of nitrogens with two attached hydrogens (primary N) is 1. The first-order valence-corrected chi connectivity index (χ1v) is 6.60. The highest BCUT2D eigenvalue weighted by Gasteiger charge is 2.19. The van der Waals surface area contributed by atoms with Crippen molar-refractivity contribution >= 4 is 28.8 Å². The fourth-order valence-corrected chi connectivity index (χ4v) is 1.86. The molecule has 0 unspecified atom stereocenters. The van der Waals surface area contributed by atoms with E-state index in [1.807, 2.05) is 57.1 Å². The molecular weight excluding hydrogens is 258 g/mol. The van der Waals surface area contributed by atoms with E-state index in [1.54, 1.807) is 4.90 Å². The first-order chi connectivity index (χ1) is 8.82. The summed E-state index contributed by atoms with van der Waals surface area (Å²) >= 11 is 4.89. The lowest BCUT2D eigenvalue weighted by atomic mass is 10.1. The number of hydrogen-bond donors (Lipinski definition) is 1. The van der Waals surface area contributed by atoms with Crippen molar-refractivity contribution in [2.45, 2.75) is 19.9 Å². The van der Waals surface area contributed by atoms with Crippen LogP contribution in [0.15, 0.2) is 24.3 Å². The molecule has 0 saturated carbocycles. The summed E-state index contributed by atoms with van der Waals surface area (Å²) in [5.74, 6) is -0.0480. The Kier molecular flexibility index (Phi) is 5.30. The number of benzene rings is 1. The van der Waals surface area contributed by atoms with E-state index >= 15 is 0 Å². The van der Waals surface area contributed by atoms with Gasteiger partial charge in [-0.1, -0.05) is 12.2 Å². The van der Waals surface area contributed by atoms with Gasteiger partial charge in [0.25, 0.3) is 5.91 Å². The Morgan fingerprint density at radius 3 is 2.16 bits per heavy atom. The number of carbonyl (C=O) groups is 1. The molecule has 0 aliphatic carbocycles. The quantitative estimate of drug-likeness (QED) is 0.836. The Morgan fingerprint density at radius 1 is 1.26 bits per heavy atom. The third kappa shape index (κ3) is 4.21. The standard InChI is InChI=1S/C14H21N3OS/c1-10(2)17(9-13(15)19)14(18)11-5-7-12(8-6-11)16(3)4/h5-8,10H,9H2,1-4H3,(H2,15,19). The molecule has 1 aromatic carbocycles. The van der Waals surface area contributed by atoms with Crippen LogP contribution in [0.4, 0.5) is 5.69 Å². The monoisotopic (exact) mass is 279 g/mol. The second-order valence-corrected chi connectivity index (χ2v) is 5.46. The van der Waals surface area contributed by atoms with Crippen LogP contribution in [0.25, 0.3) is 0 Å². The van der Waals surface area contributed by atoms with E-state index in [9.17, 15) is 4.79 Å². The van der Waals surface area contributed by atoms with Gasteiger partial charge in [-0.15, -0.1) is 0 Å². The minimum atomic E-state index is -0.0480. The van der Waals surface area contributed by atoms with Crippen molar-refractivity contribution in [3.63, 3.8) is 0 Å². The summed E-state index contributed by atoms with van der Waals surface area (Å²) in [4.78, 5) is 16.4. The van der Waals surface area contributed by atoms with E-state index in [0.29, 0.717) is 17.1 Å². The van der Waals surface area contributed by atoms with Crippen LogP contribution in [-0.2, 0) is 0 Å². The van der Waals surface area contributed by atoms with Crippen LogP contribution in [0.2, 0.25) is 0 Å². The summed E-state index contributed by atoms with van der Waals surface area (Å²) in [7, 11) is 3.92. The predicted molar refractivity (Wildman–Crippen MR) is 83.7 cm³/mol. The summed E-state index contributed by atoms with van der Waals surface area (Å²) in [6.45, 7) is 4.20. The lowest BCUT2D eigenvalue weighted by Gasteiger charge is -2.26. The summed E-state index contributed by atoms with van der Waals surface area (Å²) in [6, 6.07) is 7.56. The van der Waals surface area contributed by atoms with E-state index < -0.39 is 0 Å². The Balaban J connectivity index is 2.93. The van der Waals surface area contributed by atoms with E-state index in [0.717, 1.165) is 5.69 Å². The minimum absolute atomic E-state index is 0.0480. The van der Waals surface area contributed by atoms with Gasteiger partial charge in [0.2, 0.25) is 0 Å². The third-order valence-electron chi connectivity index (χ3n) is 2.84.